The van der Waals surface area contributed by atoms with Crippen molar-refractivity contribution in [3.05, 3.63) is 194 Å². The molecule has 0 spiro atoms. The van der Waals surface area contributed by atoms with E-state index in [1.54, 1.807) is 0 Å². The molecule has 6 heteroatoms. The van der Waals surface area contributed by atoms with Crippen LogP contribution in [0.3, 0.4) is 0 Å². The maximum absolute atomic E-state index is 6.47. The largest absolute Gasteiger partial charge is 0.456 e. The van der Waals surface area contributed by atoms with Crippen molar-refractivity contribution in [2.45, 2.75) is 0 Å². The van der Waals surface area contributed by atoms with Gasteiger partial charge in [0.2, 0.25) is 0 Å². The molecule has 13 rings (SSSR count). The molecular formula is C55H32N4O2. The minimum absolute atomic E-state index is 0.558. The van der Waals surface area contributed by atoms with Gasteiger partial charge < -0.3 is 13.4 Å². The molecular weight excluding hydrogens is 749 g/mol. The van der Waals surface area contributed by atoms with E-state index in [1.165, 1.54) is 21.5 Å². The van der Waals surface area contributed by atoms with Gasteiger partial charge in [0, 0.05) is 54.7 Å². The minimum Gasteiger partial charge on any atom is -0.456 e. The average Bonchev–Trinajstić information content (AvgIpc) is 4.00. The normalized spacial score (nSPS) is 11.9. The van der Waals surface area contributed by atoms with E-state index in [4.69, 9.17) is 23.8 Å². The van der Waals surface area contributed by atoms with Gasteiger partial charge in [-0.2, -0.15) is 0 Å². The Balaban J connectivity index is 1.10. The summed E-state index contributed by atoms with van der Waals surface area (Å²) < 4.78 is 15.2. The zero-order valence-corrected chi connectivity index (χ0v) is 32.6. The second-order valence-corrected chi connectivity index (χ2v) is 15.6. The quantitative estimate of drug-likeness (QED) is 0.174. The molecule has 0 radical (unpaired) electrons. The van der Waals surface area contributed by atoms with Crippen molar-refractivity contribution in [1.82, 2.24) is 19.5 Å². The van der Waals surface area contributed by atoms with Crippen LogP contribution in [0.1, 0.15) is 0 Å². The molecule has 0 amide bonds. The summed E-state index contributed by atoms with van der Waals surface area (Å²) >= 11 is 0. The maximum Gasteiger partial charge on any atom is 0.164 e. The van der Waals surface area contributed by atoms with Crippen molar-refractivity contribution in [2.75, 3.05) is 0 Å². The van der Waals surface area contributed by atoms with E-state index in [0.717, 1.165) is 88.4 Å². The van der Waals surface area contributed by atoms with Crippen LogP contribution in [-0.2, 0) is 0 Å². The van der Waals surface area contributed by atoms with Gasteiger partial charge in [-0.05, 0) is 88.6 Å². The molecule has 4 aromatic heterocycles. The summed E-state index contributed by atoms with van der Waals surface area (Å²) in [5.41, 5.74) is 11.2. The molecule has 0 aliphatic heterocycles. The number of aromatic nitrogens is 4. The highest BCUT2D eigenvalue weighted by Crippen LogP contribution is 2.43. The number of nitrogens with zero attached hydrogens (tertiary/aromatic N) is 4. The molecule has 0 N–H and O–H groups in total. The second-order valence-electron chi connectivity index (χ2n) is 15.6. The Labute approximate surface area is 348 Å². The van der Waals surface area contributed by atoms with Gasteiger partial charge in [0.15, 0.2) is 17.5 Å². The van der Waals surface area contributed by atoms with Crippen molar-refractivity contribution in [3.63, 3.8) is 0 Å². The van der Waals surface area contributed by atoms with Crippen molar-refractivity contribution >= 4 is 76.5 Å². The molecule has 0 atom stereocenters. The third kappa shape index (κ3) is 5.26. The van der Waals surface area contributed by atoms with Gasteiger partial charge in [-0.15, -0.1) is 0 Å². The van der Waals surface area contributed by atoms with Gasteiger partial charge in [-0.3, -0.25) is 0 Å². The minimum atomic E-state index is 0.558. The van der Waals surface area contributed by atoms with Gasteiger partial charge >= 0.3 is 0 Å². The monoisotopic (exact) mass is 780 g/mol. The van der Waals surface area contributed by atoms with Crippen molar-refractivity contribution < 1.29 is 8.83 Å². The summed E-state index contributed by atoms with van der Waals surface area (Å²) in [4.78, 5) is 15.7. The summed E-state index contributed by atoms with van der Waals surface area (Å²) in [6.07, 6.45) is 0. The lowest BCUT2D eigenvalue weighted by molar-refractivity contribution is 0.668. The molecule has 0 saturated carbocycles. The van der Waals surface area contributed by atoms with Crippen molar-refractivity contribution in [2.24, 2.45) is 0 Å². The standard InChI is InChI=1S/C55H32N4O2/c1-2-13-33(14-3-1)53-56-54(36-25-27-40-39-18-7-10-22-48(39)61-51(40)31-36)58-55(57-53)42-28-26-37(32-44(42)41-20-12-24-50-52(41)43-19-8-11-23-49(43)60-50)59-46-21-9-6-17-38(46)45-29-34-15-4-5-16-35(34)30-47(45)59/h1-32H. The number of hydrogen-bond acceptors (Lipinski definition) is 5. The second kappa shape index (κ2) is 13.1. The Bertz CT molecular complexity index is 3900. The van der Waals surface area contributed by atoms with Crippen molar-refractivity contribution in [3.8, 4) is 51.0 Å². The average molecular weight is 781 g/mol. The fourth-order valence-electron chi connectivity index (χ4n) is 9.23. The number of para-hydroxylation sites is 3. The summed E-state index contributed by atoms with van der Waals surface area (Å²) in [5, 5.41) is 9.03. The molecule has 9 aromatic carbocycles. The van der Waals surface area contributed by atoms with Gasteiger partial charge in [0.25, 0.3) is 0 Å². The highest BCUT2D eigenvalue weighted by molar-refractivity contribution is 6.15. The number of rotatable bonds is 5. The lowest BCUT2D eigenvalue weighted by atomic mass is 9.94. The van der Waals surface area contributed by atoms with Crippen LogP contribution in [0.2, 0.25) is 0 Å². The molecule has 0 fully saturated rings. The van der Waals surface area contributed by atoms with Crippen LogP contribution in [-0.4, -0.2) is 19.5 Å². The SMILES string of the molecule is c1ccc(-c2nc(-c3ccc4c(c3)oc3ccccc34)nc(-c3ccc(-n4c5ccccc5c5cc6ccccc6cc54)cc3-c3cccc4oc5ccccc5c34)n2)cc1. The van der Waals surface area contributed by atoms with E-state index < -0.39 is 0 Å². The molecule has 6 nitrogen and oxygen atoms in total. The zero-order valence-electron chi connectivity index (χ0n) is 32.6. The number of fused-ring (bicyclic) bond motifs is 10. The first-order valence-corrected chi connectivity index (χ1v) is 20.4. The van der Waals surface area contributed by atoms with Crippen molar-refractivity contribution in [1.29, 1.82) is 0 Å². The van der Waals surface area contributed by atoms with E-state index in [2.05, 4.69) is 126 Å². The Morgan fingerprint density at radius 2 is 0.967 bits per heavy atom. The summed E-state index contributed by atoms with van der Waals surface area (Å²) in [5.74, 6) is 1.71. The van der Waals surface area contributed by atoms with Gasteiger partial charge in [-0.25, -0.2) is 15.0 Å². The van der Waals surface area contributed by atoms with Crippen LogP contribution in [0.25, 0.3) is 127 Å². The van der Waals surface area contributed by atoms with E-state index >= 15 is 0 Å². The van der Waals surface area contributed by atoms with Gasteiger partial charge in [0.1, 0.15) is 22.3 Å². The third-order valence-corrected chi connectivity index (χ3v) is 12.0. The highest BCUT2D eigenvalue weighted by atomic mass is 16.3. The first-order valence-electron chi connectivity index (χ1n) is 20.4. The first kappa shape index (κ1) is 33.6. The molecule has 0 saturated heterocycles. The van der Waals surface area contributed by atoms with Gasteiger partial charge in [-0.1, -0.05) is 127 Å². The Kier molecular flexibility index (Phi) is 7.21. The first-order chi connectivity index (χ1) is 30.2. The van der Waals surface area contributed by atoms with E-state index in [0.29, 0.717) is 17.5 Å². The molecule has 4 heterocycles. The maximum atomic E-state index is 6.47. The smallest absolute Gasteiger partial charge is 0.164 e. The van der Waals surface area contributed by atoms with Crippen LogP contribution >= 0.6 is 0 Å². The molecule has 0 bridgehead atoms. The number of furan rings is 2. The number of benzene rings is 9. The lowest BCUT2D eigenvalue weighted by Gasteiger charge is -2.16. The van der Waals surface area contributed by atoms with E-state index in [1.807, 2.05) is 72.8 Å². The fourth-order valence-corrected chi connectivity index (χ4v) is 9.23. The van der Waals surface area contributed by atoms with Gasteiger partial charge in [0.05, 0.1) is 11.0 Å². The predicted octanol–water partition coefficient (Wildman–Crippen LogP) is 14.6. The molecule has 0 aliphatic rings. The van der Waals surface area contributed by atoms with Crippen LogP contribution < -0.4 is 0 Å². The molecule has 284 valence electrons. The van der Waals surface area contributed by atoms with Crippen LogP contribution in [0.5, 0.6) is 0 Å². The number of hydrogen-bond donors (Lipinski definition) is 0. The predicted molar refractivity (Wildman–Crippen MR) is 248 cm³/mol. The molecule has 0 aliphatic carbocycles. The Morgan fingerprint density at radius 1 is 0.328 bits per heavy atom. The van der Waals surface area contributed by atoms with Crippen LogP contribution in [0.15, 0.2) is 203 Å². The van der Waals surface area contributed by atoms with E-state index in [-0.39, 0.29) is 0 Å². The highest BCUT2D eigenvalue weighted by Gasteiger charge is 2.22. The van der Waals surface area contributed by atoms with E-state index in [9.17, 15) is 0 Å². The summed E-state index contributed by atoms with van der Waals surface area (Å²) in [6.45, 7) is 0. The lowest BCUT2D eigenvalue weighted by Crippen LogP contribution is -2.02. The van der Waals surface area contributed by atoms with Crippen LogP contribution in [0, 0.1) is 0 Å². The topological polar surface area (TPSA) is 69.9 Å². The third-order valence-electron chi connectivity index (χ3n) is 12.0. The molecule has 0 unspecified atom stereocenters. The summed E-state index contributed by atoms with van der Waals surface area (Å²) in [7, 11) is 0. The Morgan fingerprint density at radius 3 is 1.82 bits per heavy atom. The Hall–Kier alpha value is -8.35. The molecule has 61 heavy (non-hydrogen) atoms. The zero-order chi connectivity index (χ0) is 40.0. The fraction of sp³-hybridized carbons (Fsp3) is 0. The summed E-state index contributed by atoms with van der Waals surface area (Å²) in [6, 6.07) is 67.5. The molecule has 13 aromatic rings. The van der Waals surface area contributed by atoms with Crippen LogP contribution in [0.4, 0.5) is 0 Å².